The second kappa shape index (κ2) is 32.9. The summed E-state index contributed by atoms with van der Waals surface area (Å²) in [5.41, 5.74) is -3.70. The molecule has 4 rings (SSSR count). The highest BCUT2D eigenvalue weighted by molar-refractivity contribution is 6.00. The fraction of sp³-hybridized carbons (Fsp3) is 0.739. The van der Waals surface area contributed by atoms with Crippen molar-refractivity contribution < 1.29 is 73.0 Å². The summed E-state index contributed by atoms with van der Waals surface area (Å²) in [6.45, 7) is 24.8. The number of carbonyl (C=O) groups excluding carboxylic acids is 12. The van der Waals surface area contributed by atoms with E-state index in [2.05, 4.69) is 10.6 Å². The Bertz CT molecular complexity index is 3070. The van der Waals surface area contributed by atoms with Gasteiger partial charge in [-0.1, -0.05) is 134 Å². The number of nitrogens with zero attached hydrogens (tertiary/aromatic N) is 11. The first-order valence-electron chi connectivity index (χ1n) is 34.0. The molecule has 5 N–H and O–H groups in total. The number of benzene rings is 1. The molecule has 2 saturated heterocycles. The van der Waals surface area contributed by atoms with Gasteiger partial charge in [-0.3, -0.25) is 62.7 Å². The van der Waals surface area contributed by atoms with Crippen LogP contribution in [0, 0.1) is 41.4 Å². The Hall–Kier alpha value is -7.46. The van der Waals surface area contributed by atoms with Crippen LogP contribution in [0.4, 0.5) is 5.69 Å². The van der Waals surface area contributed by atoms with E-state index in [4.69, 9.17) is 0 Å². The van der Waals surface area contributed by atoms with Crippen molar-refractivity contribution in [3.05, 3.63) is 29.8 Å². The van der Waals surface area contributed by atoms with Crippen molar-refractivity contribution in [3.63, 3.8) is 0 Å². The van der Waals surface area contributed by atoms with E-state index in [9.17, 15) is 44.2 Å². The summed E-state index contributed by atoms with van der Waals surface area (Å²) in [7, 11) is 12.2. The lowest BCUT2D eigenvalue weighted by Gasteiger charge is -2.42. The summed E-state index contributed by atoms with van der Waals surface area (Å²) in [6, 6.07) is -5.86. The average Bonchev–Trinajstić information content (AvgIpc) is 1.54. The van der Waals surface area contributed by atoms with Gasteiger partial charge in [0, 0.05) is 75.4 Å². The number of likely N-dealkylation sites (N-methyl/N-ethyl adjacent to an activating group) is 9. The van der Waals surface area contributed by atoms with Gasteiger partial charge in [0.25, 0.3) is 0 Å². The number of hydroxylamine groups is 1. The highest BCUT2D eigenvalue weighted by atomic mass is 16.5. The van der Waals surface area contributed by atoms with E-state index >= 15 is 28.8 Å². The quantitative estimate of drug-likeness (QED) is 0.211. The molecule has 0 spiro atoms. The molecular formula is C69H115N13O15. The van der Waals surface area contributed by atoms with Crippen LogP contribution in [0.5, 0.6) is 0 Å². The molecule has 0 aromatic heterocycles. The van der Waals surface area contributed by atoms with E-state index in [1.54, 1.807) is 108 Å². The van der Waals surface area contributed by atoms with Crippen LogP contribution in [0.1, 0.15) is 142 Å². The number of nitrogens with one attached hydrogen (secondary N) is 2. The zero-order chi connectivity index (χ0) is 74.4. The second-order valence-corrected chi connectivity index (χ2v) is 29.5. The predicted octanol–water partition coefficient (Wildman–Crippen LogP) is 1.86. The van der Waals surface area contributed by atoms with Gasteiger partial charge in [0.15, 0.2) is 6.17 Å². The van der Waals surface area contributed by atoms with Gasteiger partial charge in [0.1, 0.15) is 60.0 Å². The summed E-state index contributed by atoms with van der Waals surface area (Å²) < 4.78 is 0. The molecule has 28 nitrogen and oxygen atoms in total. The van der Waals surface area contributed by atoms with E-state index in [1.807, 2.05) is 6.92 Å². The van der Waals surface area contributed by atoms with Crippen LogP contribution in [-0.4, -0.2) is 285 Å². The average molecular weight is 1370 g/mol. The summed E-state index contributed by atoms with van der Waals surface area (Å²) in [5, 5.41) is 42.8. The molecule has 3 aliphatic heterocycles. The van der Waals surface area contributed by atoms with Gasteiger partial charge in [-0.05, 0) is 61.3 Å². The molecule has 1 aromatic rings. The number of anilines is 1. The molecule has 0 aliphatic carbocycles. The molecule has 12 amide bonds. The molecule has 0 bridgehead atoms. The molecule has 0 unspecified atom stereocenters. The van der Waals surface area contributed by atoms with Gasteiger partial charge in [-0.15, -0.1) is 0 Å². The highest BCUT2D eigenvalue weighted by Crippen LogP contribution is 2.52. The van der Waals surface area contributed by atoms with E-state index in [-0.39, 0.29) is 11.3 Å². The molecule has 3 aliphatic rings. The van der Waals surface area contributed by atoms with Gasteiger partial charge in [-0.25, -0.2) is 5.06 Å². The number of hydrogen-bond acceptors (Lipinski definition) is 16. The number of aliphatic hydroxyl groups is 2. The Balaban J connectivity index is 1.95. The van der Waals surface area contributed by atoms with Gasteiger partial charge in [0.2, 0.25) is 70.9 Å². The van der Waals surface area contributed by atoms with Gasteiger partial charge in [0.05, 0.1) is 30.9 Å². The fourth-order valence-corrected chi connectivity index (χ4v) is 14.1. The van der Waals surface area contributed by atoms with E-state index in [0.717, 1.165) is 34.3 Å². The van der Waals surface area contributed by atoms with Crippen LogP contribution in [0.2, 0.25) is 0 Å². The number of carbonyl (C=O) groups is 12. The Morgan fingerprint density at radius 3 is 1.34 bits per heavy atom. The summed E-state index contributed by atoms with van der Waals surface area (Å²) in [6.07, 6.45) is -1.06. The van der Waals surface area contributed by atoms with Gasteiger partial charge in [-0.2, -0.15) is 0 Å². The number of amides is 12. The van der Waals surface area contributed by atoms with E-state index < -0.39 is 210 Å². The van der Waals surface area contributed by atoms with Crippen molar-refractivity contribution >= 4 is 76.6 Å². The number of hydrogen-bond donors (Lipinski definition) is 5. The predicted molar refractivity (Wildman–Crippen MR) is 364 cm³/mol. The Morgan fingerprint density at radius 2 is 0.876 bits per heavy atom. The van der Waals surface area contributed by atoms with Crippen LogP contribution < -0.4 is 15.7 Å². The monoisotopic (exact) mass is 1370 g/mol. The lowest BCUT2D eigenvalue weighted by Crippen LogP contribution is -2.64. The maximum atomic E-state index is 15.4. The molecule has 0 saturated carbocycles. The second-order valence-electron chi connectivity index (χ2n) is 29.5. The summed E-state index contributed by atoms with van der Waals surface area (Å²) >= 11 is 0. The molecule has 97 heavy (non-hydrogen) atoms. The smallest absolute Gasteiger partial charge is 0.248 e. The zero-order valence-electron chi connectivity index (χ0n) is 62.2. The van der Waals surface area contributed by atoms with Crippen molar-refractivity contribution in [2.24, 2.45) is 41.4 Å². The van der Waals surface area contributed by atoms with Crippen LogP contribution >= 0.6 is 0 Å². The third kappa shape index (κ3) is 17.2. The normalized spacial score (nSPS) is 28.4. The topological polar surface area (TPSA) is 325 Å². The van der Waals surface area contributed by atoms with Crippen LogP contribution in [0.25, 0.3) is 0 Å². The molecule has 1 aromatic carbocycles. The van der Waals surface area contributed by atoms with Gasteiger partial charge < -0.3 is 69.8 Å². The Labute approximate surface area is 574 Å². The first kappa shape index (κ1) is 82.0. The number of para-hydroxylation sites is 1. The summed E-state index contributed by atoms with van der Waals surface area (Å²) in [5.74, 6) is -13.2. The standard InChI is InChI=1S/C69H115N13O15/c1-26-41(12)51-61(89)77(22)54(40(10)11)65(93)78(23)53(39(8)9)62(90)73(18)35-48(84)75(20)57(68(15,16)95)66(94)80(25)56(43(14)28-3)63(91)72(17)34-47(83)70-50(37(4)5)60(88)79(24)55(42(13)27-2)64(92)74(19)36-49(85)81-46(59(87)76(21)52(38(6)7)58(86)71-51)33-69(96)44-31-29-30-32-45(44)82(97)67(69)81/h29-32,37-43,46,50-57,67,95-97H,26-28,33-36H2,1-25H3,(H,70,83)(H,71,86)/t41-,42-,43-,46-,50-,51-,52-,53-,54-,55-,56-,57+,67+,69+/m0/s1. The third-order valence-corrected chi connectivity index (χ3v) is 20.3. The van der Waals surface area contributed by atoms with Crippen molar-refractivity contribution in [1.29, 1.82) is 0 Å². The number of fused-ring (bicyclic) bond motifs is 5. The first-order chi connectivity index (χ1) is 44.8. The highest BCUT2D eigenvalue weighted by Gasteiger charge is 2.64. The number of rotatable bonds is 11. The molecule has 546 valence electrons. The fourth-order valence-electron chi connectivity index (χ4n) is 14.1. The third-order valence-electron chi connectivity index (χ3n) is 20.3. The lowest BCUT2D eigenvalue weighted by molar-refractivity contribution is -0.160. The minimum atomic E-state index is -2.09. The molecule has 28 heteroatoms. The van der Waals surface area contributed by atoms with Crippen molar-refractivity contribution in [2.45, 2.75) is 208 Å². The molecular weight excluding hydrogens is 1250 g/mol. The summed E-state index contributed by atoms with van der Waals surface area (Å²) in [4.78, 5) is 190. The van der Waals surface area contributed by atoms with E-state index in [0.29, 0.717) is 24.3 Å². The largest absolute Gasteiger partial charge is 0.388 e. The van der Waals surface area contributed by atoms with Crippen molar-refractivity contribution in [2.75, 3.05) is 88.1 Å². The van der Waals surface area contributed by atoms with Crippen LogP contribution in [0.15, 0.2) is 24.3 Å². The minimum Gasteiger partial charge on any atom is -0.388 e. The minimum absolute atomic E-state index is 0.148. The van der Waals surface area contributed by atoms with Crippen LogP contribution in [0.3, 0.4) is 0 Å². The molecule has 2 fully saturated rings. The van der Waals surface area contributed by atoms with Gasteiger partial charge >= 0.3 is 0 Å². The Morgan fingerprint density at radius 1 is 0.474 bits per heavy atom. The van der Waals surface area contributed by atoms with E-state index in [1.165, 1.54) is 98.0 Å². The first-order valence-corrected chi connectivity index (χ1v) is 34.0. The zero-order valence-corrected chi connectivity index (χ0v) is 62.2. The molecule has 14 atom stereocenters. The van der Waals surface area contributed by atoms with Crippen molar-refractivity contribution in [1.82, 2.24) is 59.6 Å². The maximum absolute atomic E-state index is 15.4. The van der Waals surface area contributed by atoms with Crippen molar-refractivity contribution in [3.8, 4) is 0 Å². The SMILES string of the molecule is CC[C@H](C)[C@@H]1NC(=O)[C@H](C(C)C)N(C)C(=O)[C@@H]2C[C@@]3(O)c4ccccc4N(O)[C@H]3N2C(=O)CN(C)C(=O)[C@H]([C@@H](C)CC)N(C)C(=O)[C@H](C(C)C)NC(=O)CN(C)C(=O)[C@H]([C@@H](C)CC)N(C)C(=O)[C@H](C(C)(C)O)N(C)C(=O)CN(C)C(=O)[C@H](C(C)C)N(C)C(=O)[C@H](C(C)C)N(C)C1=O. The molecule has 0 radical (unpaired) electrons. The maximum Gasteiger partial charge on any atom is 0.248 e. The Kier molecular flexibility index (Phi) is 27.8. The lowest BCUT2D eigenvalue weighted by atomic mass is 9.90. The van der Waals surface area contributed by atoms with Crippen LogP contribution in [-0.2, 0) is 63.1 Å². The molecule has 3 heterocycles.